The summed E-state index contributed by atoms with van der Waals surface area (Å²) in [6, 6.07) is 28.7. The molecule has 2 saturated carbocycles. The Morgan fingerprint density at radius 2 is 1.40 bits per heavy atom. The van der Waals surface area contributed by atoms with Gasteiger partial charge in [-0.25, -0.2) is 14.4 Å². The number of para-hydroxylation sites is 4. The second-order valence-corrected chi connectivity index (χ2v) is 16.9. The van der Waals surface area contributed by atoms with Crippen LogP contribution < -0.4 is 17.1 Å². The number of hydrogen-bond donors (Lipinski definition) is 3. The van der Waals surface area contributed by atoms with Gasteiger partial charge in [0.25, 0.3) is 0 Å². The van der Waals surface area contributed by atoms with Crippen LogP contribution in [0.5, 0.6) is 0 Å². The molecule has 0 spiro atoms. The second-order valence-electron chi connectivity index (χ2n) is 16.7. The first-order valence-electron chi connectivity index (χ1n) is 22.3. The van der Waals surface area contributed by atoms with E-state index in [1.54, 1.807) is 0 Å². The van der Waals surface area contributed by atoms with Gasteiger partial charge in [0, 0.05) is 43.0 Å². The van der Waals surface area contributed by atoms with Gasteiger partial charge in [0.05, 0.1) is 52.5 Å². The number of rotatable bonds is 14. The molecule has 0 radical (unpaired) electrons. The zero-order valence-electron chi connectivity index (χ0n) is 35.9. The van der Waals surface area contributed by atoms with Gasteiger partial charge in [-0.1, -0.05) is 68.3 Å². The Kier molecular flexibility index (Phi) is 13.8. The Hall–Kier alpha value is -6.06. The van der Waals surface area contributed by atoms with Crippen molar-refractivity contribution >= 4 is 60.9 Å². The lowest BCUT2D eigenvalue weighted by Crippen LogP contribution is -2.25. The molecule has 63 heavy (non-hydrogen) atoms. The number of imidazole rings is 2. The van der Waals surface area contributed by atoms with Crippen LogP contribution in [0.3, 0.4) is 0 Å². The van der Waals surface area contributed by atoms with Crippen LogP contribution in [0.25, 0.3) is 48.5 Å². The van der Waals surface area contributed by atoms with Crippen LogP contribution in [-0.4, -0.2) is 40.4 Å². The average molecular weight is 864 g/mol. The Morgan fingerprint density at radius 1 is 0.778 bits per heavy atom. The molecule has 4 aromatic heterocycles. The zero-order valence-corrected chi connectivity index (χ0v) is 36.7. The van der Waals surface area contributed by atoms with Crippen molar-refractivity contribution < 1.29 is 5.11 Å². The molecule has 0 unspecified atom stereocenters. The van der Waals surface area contributed by atoms with E-state index in [1.807, 2.05) is 92.8 Å². The minimum atomic E-state index is 0.0312. The van der Waals surface area contributed by atoms with E-state index < -0.39 is 0 Å². The van der Waals surface area contributed by atoms with Crippen LogP contribution in [0.15, 0.2) is 107 Å². The number of alkyl halides is 1. The van der Waals surface area contributed by atoms with Crippen LogP contribution in [-0.2, 0) is 31.8 Å². The van der Waals surface area contributed by atoms with E-state index in [9.17, 15) is 14.7 Å². The molecule has 0 atom stereocenters. The van der Waals surface area contributed by atoms with Crippen molar-refractivity contribution in [1.82, 2.24) is 28.7 Å². The highest BCUT2D eigenvalue weighted by molar-refractivity contribution is 6.17. The average Bonchev–Trinajstić information content (AvgIpc) is 4.27. The summed E-state index contributed by atoms with van der Waals surface area (Å²) in [6.07, 6.45) is 15.2. The van der Waals surface area contributed by atoms with Crippen LogP contribution in [0, 0.1) is 6.57 Å². The van der Waals surface area contributed by atoms with Crippen molar-refractivity contribution in [2.45, 2.75) is 109 Å². The van der Waals surface area contributed by atoms with E-state index in [-0.39, 0.29) is 18.0 Å². The molecule has 4 heterocycles. The molecule has 2 fully saturated rings. The largest absolute Gasteiger partial charge is 0.396 e. The van der Waals surface area contributed by atoms with Crippen molar-refractivity contribution in [3.63, 3.8) is 0 Å². The number of aliphatic hydroxyl groups is 1. The predicted octanol–water partition coefficient (Wildman–Crippen LogP) is 10.4. The number of unbranched alkanes of at least 4 members (excludes halogenated alkanes) is 3. The maximum atomic E-state index is 13.3. The Balaban J connectivity index is 0.000000144. The van der Waals surface area contributed by atoms with E-state index in [4.69, 9.17) is 28.9 Å². The number of nitrogens with zero attached hydrogens (tertiary/aromatic N) is 6. The Labute approximate surface area is 372 Å². The number of pyridine rings is 2. The number of nitrogens with one attached hydrogen (secondary N) is 1. The van der Waals surface area contributed by atoms with E-state index in [0.29, 0.717) is 36.7 Å². The molecule has 324 valence electrons. The fraction of sp³-hybridized carbons (Fsp3) is 0.353. The molecule has 8 aromatic rings. The summed E-state index contributed by atoms with van der Waals surface area (Å²) < 4.78 is 5.69. The number of H-pyrrole nitrogens is 1. The number of fused-ring (bicyclic) bond motifs is 4. The lowest BCUT2D eigenvalue weighted by molar-refractivity contribution is 0.284. The third kappa shape index (κ3) is 9.64. The molecular weight excluding hydrogens is 808 g/mol. The van der Waals surface area contributed by atoms with Gasteiger partial charge in [0.15, 0.2) is 5.69 Å². The van der Waals surface area contributed by atoms with Gasteiger partial charge in [-0.3, -0.25) is 23.7 Å². The molecule has 2 aliphatic carbocycles. The predicted molar refractivity (Wildman–Crippen MR) is 255 cm³/mol. The summed E-state index contributed by atoms with van der Waals surface area (Å²) in [5.41, 5.74) is 15.9. The smallest absolute Gasteiger partial charge is 0.329 e. The van der Waals surface area contributed by atoms with E-state index in [0.717, 1.165) is 119 Å². The molecule has 0 bridgehead atoms. The van der Waals surface area contributed by atoms with Gasteiger partial charge >= 0.3 is 11.4 Å². The highest BCUT2D eigenvalue weighted by Crippen LogP contribution is 2.37. The van der Waals surface area contributed by atoms with Crippen molar-refractivity contribution in [1.29, 1.82) is 0 Å². The maximum absolute atomic E-state index is 13.3. The minimum absolute atomic E-state index is 0.0312. The first-order chi connectivity index (χ1) is 30.9. The monoisotopic (exact) mass is 862 g/mol. The van der Waals surface area contributed by atoms with Crippen LogP contribution in [0.4, 0.5) is 5.69 Å². The Morgan fingerprint density at radius 3 is 2.06 bits per heavy atom. The highest BCUT2D eigenvalue weighted by atomic mass is 35.5. The number of aryl methyl sites for hydroxylation is 2. The van der Waals surface area contributed by atoms with Gasteiger partial charge in [0.2, 0.25) is 0 Å². The minimum Gasteiger partial charge on any atom is -0.396 e. The maximum Gasteiger partial charge on any atom is 0.329 e. The molecule has 2 aliphatic rings. The summed E-state index contributed by atoms with van der Waals surface area (Å²) in [7, 11) is 0. The molecule has 11 nitrogen and oxygen atoms in total. The highest BCUT2D eigenvalue weighted by Gasteiger charge is 2.29. The summed E-state index contributed by atoms with van der Waals surface area (Å²) in [5, 5.41) is 13.7. The van der Waals surface area contributed by atoms with Crippen LogP contribution in [0.1, 0.15) is 105 Å². The number of nitrogens with two attached hydrogens (primary N) is 1. The van der Waals surface area contributed by atoms with E-state index in [1.165, 1.54) is 23.8 Å². The van der Waals surface area contributed by atoms with Gasteiger partial charge in [-0.05, 0) is 127 Å². The Bertz CT molecular complexity index is 3040. The number of aliphatic hydroxyl groups excluding tert-OH is 1. The lowest BCUT2D eigenvalue weighted by atomic mass is 9.98. The van der Waals surface area contributed by atoms with Crippen molar-refractivity contribution in [3.8, 4) is 0 Å². The fourth-order valence-electron chi connectivity index (χ4n) is 8.65. The van der Waals surface area contributed by atoms with Gasteiger partial charge in [-0.15, -0.1) is 11.6 Å². The third-order valence-electron chi connectivity index (χ3n) is 12.2. The summed E-state index contributed by atoms with van der Waals surface area (Å²) in [6.45, 7) is 10.4. The summed E-state index contributed by atoms with van der Waals surface area (Å²) >= 11 is 5.99. The van der Waals surface area contributed by atoms with Crippen molar-refractivity contribution in [2.24, 2.45) is 5.73 Å². The first kappa shape index (κ1) is 43.6. The standard InChI is InChI=1S/C25H28N4O2.C16H17ClN2.C10H10N2O/c26-14-17-8-11-20-18(13-17)15-27-22(21(20)5-3-4-12-30)16-28-23-6-1-2-7-24(23)29(25(28)31)19-9-10-19;1-3-4-5-6-15-14-8-7-13(18-2)9-12(14)11-19-16(15)10-17;13-10-11-8-3-1-2-4-9(8)12(10)7-5-6-7/h1-2,6-8,11,13,15,19,30H,3-5,9-10,12,14,16,26H2;7-9,11H,3-6,10H2,1H3;1-4,7H,5-6H2,(H,11,13). The molecular formula is C51H55ClN8O3. The molecule has 10 rings (SSSR count). The fourth-order valence-corrected chi connectivity index (χ4v) is 8.88. The normalized spacial score (nSPS) is 13.5. The third-order valence-corrected chi connectivity index (χ3v) is 12.5. The van der Waals surface area contributed by atoms with Gasteiger partial charge in [-0.2, -0.15) is 0 Å². The molecule has 4 N–H and O–H groups in total. The SMILES string of the molecule is NCc1ccc2c(CCCCO)c(Cn3c(=O)n(C4CC4)c4ccccc43)ncc2c1.O=c1[nH]c2ccccc2n1C1CC1.[C-]#[N+]c1ccc2c(CCCCC)c(CCl)ncc2c1. The van der Waals surface area contributed by atoms with Crippen molar-refractivity contribution in [2.75, 3.05) is 6.61 Å². The summed E-state index contributed by atoms with van der Waals surface area (Å²) in [5.74, 6) is 0.446. The second kappa shape index (κ2) is 20.0. The topological polar surface area (TPSA) is 141 Å². The van der Waals surface area contributed by atoms with Crippen LogP contribution >= 0.6 is 11.6 Å². The number of aromatic amines is 1. The number of hydrogen-bond acceptors (Lipinski definition) is 6. The lowest BCUT2D eigenvalue weighted by Gasteiger charge is -2.14. The van der Waals surface area contributed by atoms with Crippen molar-refractivity contribution in [3.05, 3.63) is 158 Å². The molecule has 0 aliphatic heterocycles. The van der Waals surface area contributed by atoms with Gasteiger partial charge in [0.1, 0.15) is 0 Å². The quantitative estimate of drug-likeness (QED) is 0.0565. The summed E-state index contributed by atoms with van der Waals surface area (Å²) in [4.78, 5) is 40.4. The molecule has 0 amide bonds. The number of benzene rings is 4. The van der Waals surface area contributed by atoms with E-state index in [2.05, 4.69) is 39.9 Å². The number of aromatic nitrogens is 6. The number of halogens is 1. The van der Waals surface area contributed by atoms with Gasteiger partial charge < -0.3 is 15.8 Å². The molecule has 12 heteroatoms. The molecule has 0 saturated heterocycles. The zero-order chi connectivity index (χ0) is 43.9. The molecule has 4 aromatic carbocycles. The van der Waals surface area contributed by atoms with E-state index >= 15 is 0 Å². The van der Waals surface area contributed by atoms with Crippen LogP contribution in [0.2, 0.25) is 0 Å². The first-order valence-corrected chi connectivity index (χ1v) is 22.8.